The summed E-state index contributed by atoms with van der Waals surface area (Å²) in [5.74, 6) is 0.588. The van der Waals surface area contributed by atoms with Gasteiger partial charge in [0.15, 0.2) is 6.10 Å². The summed E-state index contributed by atoms with van der Waals surface area (Å²) in [6.45, 7) is 2.60. The average molecular weight is 241 g/mol. The molecule has 1 aliphatic heterocycles. The molecular weight excluding hydrogens is 228 g/mol. The molecule has 0 saturated heterocycles. The normalized spacial score (nSPS) is 19.3. The van der Waals surface area contributed by atoms with E-state index in [1.807, 2.05) is 0 Å². The van der Waals surface area contributed by atoms with Gasteiger partial charge in [0.2, 0.25) is 0 Å². The molecule has 0 saturated carbocycles. The minimum absolute atomic E-state index is 0.0831. The van der Waals surface area contributed by atoms with Gasteiger partial charge < -0.3 is 15.4 Å². The van der Waals surface area contributed by atoms with E-state index in [9.17, 15) is 4.79 Å². The van der Waals surface area contributed by atoms with Crippen molar-refractivity contribution in [1.29, 1.82) is 0 Å². The Balaban J connectivity index is 2.45. The Morgan fingerprint density at radius 1 is 1.56 bits per heavy atom. The van der Waals surface area contributed by atoms with Crippen molar-refractivity contribution >= 4 is 23.2 Å². The number of nitrogens with two attached hydrogens (primary N) is 1. The predicted molar refractivity (Wildman–Crippen MR) is 62.9 cm³/mol. The van der Waals surface area contributed by atoms with Crippen molar-refractivity contribution in [3.8, 4) is 5.75 Å². The van der Waals surface area contributed by atoms with Gasteiger partial charge >= 0.3 is 0 Å². The minimum atomic E-state index is -0.472. The van der Waals surface area contributed by atoms with Crippen LogP contribution in [0.15, 0.2) is 18.2 Å². The molecule has 1 aromatic carbocycles. The number of hydrogen-bond donors (Lipinski definition) is 1. The molecule has 0 aliphatic carbocycles. The van der Waals surface area contributed by atoms with E-state index in [0.717, 1.165) is 0 Å². The molecule has 1 amide bonds. The summed E-state index contributed by atoms with van der Waals surface area (Å²) in [6, 6.07) is 5.23. The fourth-order valence-electron chi connectivity index (χ4n) is 1.74. The number of nitrogens with zero attached hydrogens (tertiary/aromatic N) is 1. The quantitative estimate of drug-likeness (QED) is 0.851. The number of halogens is 1. The maximum absolute atomic E-state index is 11.9. The zero-order chi connectivity index (χ0) is 11.7. The van der Waals surface area contributed by atoms with Crippen LogP contribution in [0.2, 0.25) is 5.02 Å². The zero-order valence-corrected chi connectivity index (χ0v) is 9.70. The molecule has 5 heteroatoms. The molecule has 1 unspecified atom stereocenters. The number of hydrogen-bond acceptors (Lipinski definition) is 3. The highest BCUT2D eigenvalue weighted by Crippen LogP contribution is 2.35. The molecule has 0 bridgehead atoms. The third-order valence-corrected chi connectivity index (χ3v) is 2.72. The predicted octanol–water partition coefficient (Wildman–Crippen LogP) is 1.41. The van der Waals surface area contributed by atoms with Gasteiger partial charge in [-0.15, -0.1) is 0 Å². The molecule has 1 aliphatic rings. The summed E-state index contributed by atoms with van der Waals surface area (Å²) < 4.78 is 5.48. The second-order valence-electron chi connectivity index (χ2n) is 3.65. The second kappa shape index (κ2) is 4.31. The van der Waals surface area contributed by atoms with Gasteiger partial charge in [-0.1, -0.05) is 11.6 Å². The molecule has 16 heavy (non-hydrogen) atoms. The van der Waals surface area contributed by atoms with Gasteiger partial charge in [0, 0.05) is 18.1 Å². The van der Waals surface area contributed by atoms with Crippen LogP contribution in [0.5, 0.6) is 5.75 Å². The lowest BCUT2D eigenvalue weighted by Crippen LogP contribution is -2.46. The number of benzene rings is 1. The Bertz CT molecular complexity index is 422. The maximum Gasteiger partial charge on any atom is 0.267 e. The highest BCUT2D eigenvalue weighted by atomic mass is 35.5. The van der Waals surface area contributed by atoms with Crippen molar-refractivity contribution in [2.75, 3.05) is 18.0 Å². The number of rotatable bonds is 2. The van der Waals surface area contributed by atoms with E-state index in [4.69, 9.17) is 22.1 Å². The van der Waals surface area contributed by atoms with Crippen molar-refractivity contribution in [3.05, 3.63) is 23.2 Å². The fraction of sp³-hybridized carbons (Fsp3) is 0.364. The lowest BCUT2D eigenvalue weighted by atomic mass is 10.2. The number of anilines is 1. The molecule has 0 radical (unpaired) electrons. The van der Waals surface area contributed by atoms with Crippen LogP contribution in [0.4, 0.5) is 5.69 Å². The van der Waals surface area contributed by atoms with E-state index >= 15 is 0 Å². The van der Waals surface area contributed by atoms with Crippen LogP contribution in [0.3, 0.4) is 0 Å². The first-order valence-corrected chi connectivity index (χ1v) is 5.49. The van der Waals surface area contributed by atoms with E-state index in [1.165, 1.54) is 0 Å². The van der Waals surface area contributed by atoms with E-state index in [1.54, 1.807) is 30.0 Å². The van der Waals surface area contributed by atoms with Gasteiger partial charge in [-0.3, -0.25) is 4.79 Å². The molecule has 0 aromatic heterocycles. The molecule has 2 rings (SSSR count). The summed E-state index contributed by atoms with van der Waals surface area (Å²) in [4.78, 5) is 13.5. The Morgan fingerprint density at radius 3 is 3.00 bits per heavy atom. The maximum atomic E-state index is 11.9. The van der Waals surface area contributed by atoms with Gasteiger partial charge in [-0.05, 0) is 25.1 Å². The summed E-state index contributed by atoms with van der Waals surface area (Å²) in [5, 5.41) is 0.576. The first kappa shape index (κ1) is 11.2. The van der Waals surface area contributed by atoms with Gasteiger partial charge in [0.25, 0.3) is 5.91 Å². The first-order chi connectivity index (χ1) is 7.63. The number of fused-ring (bicyclic) bond motifs is 1. The third kappa shape index (κ3) is 1.86. The number of carbonyl (C=O) groups is 1. The molecule has 1 heterocycles. The van der Waals surface area contributed by atoms with Crippen molar-refractivity contribution in [2.24, 2.45) is 5.73 Å². The topological polar surface area (TPSA) is 55.6 Å². The van der Waals surface area contributed by atoms with Crippen LogP contribution in [-0.4, -0.2) is 25.1 Å². The largest absolute Gasteiger partial charge is 0.479 e. The van der Waals surface area contributed by atoms with Gasteiger partial charge in [0.05, 0.1) is 5.69 Å². The molecule has 4 nitrogen and oxygen atoms in total. The Morgan fingerprint density at radius 2 is 2.31 bits per heavy atom. The van der Waals surface area contributed by atoms with Crippen molar-refractivity contribution in [1.82, 2.24) is 0 Å². The van der Waals surface area contributed by atoms with Crippen LogP contribution >= 0.6 is 11.6 Å². The Labute approximate surface area is 98.9 Å². The van der Waals surface area contributed by atoms with E-state index < -0.39 is 6.10 Å². The standard InChI is InChI=1S/C11H13ClN2O2/c1-7-11(15)14(5-4-13)9-6-8(12)2-3-10(9)16-7/h2-3,6-7H,4-5,13H2,1H3. The first-order valence-electron chi connectivity index (χ1n) is 5.11. The van der Waals surface area contributed by atoms with Gasteiger partial charge in [0.1, 0.15) is 5.75 Å². The monoisotopic (exact) mass is 240 g/mol. The molecule has 2 N–H and O–H groups in total. The number of ether oxygens (including phenoxy) is 1. The third-order valence-electron chi connectivity index (χ3n) is 2.48. The minimum Gasteiger partial charge on any atom is -0.479 e. The Hall–Kier alpha value is -1.26. The van der Waals surface area contributed by atoms with E-state index in [0.29, 0.717) is 29.5 Å². The van der Waals surface area contributed by atoms with Crippen molar-refractivity contribution in [3.63, 3.8) is 0 Å². The second-order valence-corrected chi connectivity index (χ2v) is 4.09. The van der Waals surface area contributed by atoms with Crippen LogP contribution in [0.1, 0.15) is 6.92 Å². The molecular formula is C11H13ClN2O2. The van der Waals surface area contributed by atoms with Crippen LogP contribution < -0.4 is 15.4 Å². The van der Waals surface area contributed by atoms with Crippen molar-refractivity contribution < 1.29 is 9.53 Å². The summed E-state index contributed by atoms with van der Waals surface area (Å²) in [5.41, 5.74) is 6.19. The molecule has 1 atom stereocenters. The summed E-state index contributed by atoms with van der Waals surface area (Å²) in [6.07, 6.45) is -0.472. The van der Waals surface area contributed by atoms with Crippen molar-refractivity contribution in [2.45, 2.75) is 13.0 Å². The molecule has 86 valence electrons. The van der Waals surface area contributed by atoms with Crippen LogP contribution in [-0.2, 0) is 4.79 Å². The highest BCUT2D eigenvalue weighted by Gasteiger charge is 2.30. The lowest BCUT2D eigenvalue weighted by Gasteiger charge is -2.32. The summed E-state index contributed by atoms with van der Waals surface area (Å²) >= 11 is 5.90. The number of carbonyl (C=O) groups excluding carboxylic acids is 1. The van der Waals surface area contributed by atoms with Gasteiger partial charge in [-0.25, -0.2) is 0 Å². The average Bonchev–Trinajstić information content (AvgIpc) is 2.26. The highest BCUT2D eigenvalue weighted by molar-refractivity contribution is 6.31. The smallest absolute Gasteiger partial charge is 0.267 e. The van der Waals surface area contributed by atoms with E-state index in [-0.39, 0.29) is 5.91 Å². The summed E-state index contributed by atoms with van der Waals surface area (Å²) in [7, 11) is 0. The molecule has 0 spiro atoms. The SMILES string of the molecule is CC1Oc2ccc(Cl)cc2N(CCN)C1=O. The van der Waals surface area contributed by atoms with Crippen LogP contribution in [0.25, 0.3) is 0 Å². The number of amides is 1. The van der Waals surface area contributed by atoms with Gasteiger partial charge in [-0.2, -0.15) is 0 Å². The Kier molecular flexibility index (Phi) is 3.03. The zero-order valence-electron chi connectivity index (χ0n) is 8.94. The fourth-order valence-corrected chi connectivity index (χ4v) is 1.91. The molecule has 0 fully saturated rings. The molecule has 1 aromatic rings. The van der Waals surface area contributed by atoms with Crippen LogP contribution in [0, 0.1) is 0 Å². The lowest BCUT2D eigenvalue weighted by molar-refractivity contribution is -0.125. The van der Waals surface area contributed by atoms with E-state index in [2.05, 4.69) is 0 Å².